The van der Waals surface area contributed by atoms with E-state index in [1.165, 1.54) is 16.7 Å². The number of allylic oxidation sites excluding steroid dienone is 3. The normalized spacial score (nSPS) is 30.5. The Balaban J connectivity index is 2.81. The van der Waals surface area contributed by atoms with E-state index in [9.17, 15) is 0 Å². The molecule has 1 saturated carbocycles. The summed E-state index contributed by atoms with van der Waals surface area (Å²) in [5, 5.41) is 0. The number of rotatable bonds is 1. The van der Waals surface area contributed by atoms with Crippen LogP contribution in [0.1, 0.15) is 26.7 Å². The molecule has 0 heterocycles. The average Bonchev–Trinajstić information content (AvgIpc) is 1.82. The van der Waals surface area contributed by atoms with Gasteiger partial charge in [-0.05, 0) is 25.7 Å². The molecule has 0 N–H and O–H groups in total. The Hall–Kier alpha value is -0.780. The van der Waals surface area contributed by atoms with Crippen LogP contribution < -0.4 is 0 Å². The van der Waals surface area contributed by atoms with Gasteiger partial charge in [-0.25, -0.2) is 0 Å². The van der Waals surface area contributed by atoms with E-state index in [0.717, 1.165) is 18.8 Å². The van der Waals surface area contributed by atoms with Crippen molar-refractivity contribution in [2.24, 2.45) is 11.8 Å². The molecule has 1 rings (SSSR count). The standard InChI is InChI=1S/C12H18/c1-8(2)12-10(4)6-9(3)7-11(12)5/h9,12H,1,4-7H2,2-3H3. The van der Waals surface area contributed by atoms with Gasteiger partial charge in [0.25, 0.3) is 0 Å². The van der Waals surface area contributed by atoms with Crippen LogP contribution in [0.5, 0.6) is 0 Å². The van der Waals surface area contributed by atoms with E-state index >= 15 is 0 Å². The molecular weight excluding hydrogens is 144 g/mol. The Morgan fingerprint density at radius 3 is 2.00 bits per heavy atom. The summed E-state index contributed by atoms with van der Waals surface area (Å²) in [6, 6.07) is 0. The van der Waals surface area contributed by atoms with E-state index < -0.39 is 0 Å². The van der Waals surface area contributed by atoms with Crippen molar-refractivity contribution < 1.29 is 0 Å². The van der Waals surface area contributed by atoms with Crippen molar-refractivity contribution in [1.82, 2.24) is 0 Å². The van der Waals surface area contributed by atoms with Crippen molar-refractivity contribution in [3.63, 3.8) is 0 Å². The van der Waals surface area contributed by atoms with Crippen molar-refractivity contribution >= 4 is 0 Å². The Kier molecular flexibility index (Phi) is 2.56. The highest BCUT2D eigenvalue weighted by atomic mass is 14.3. The van der Waals surface area contributed by atoms with Crippen LogP contribution in [0.15, 0.2) is 36.5 Å². The molecule has 0 aromatic rings. The fourth-order valence-electron chi connectivity index (χ4n) is 2.19. The molecule has 0 nitrogen and oxygen atoms in total. The molecule has 0 aliphatic heterocycles. The van der Waals surface area contributed by atoms with Crippen LogP contribution in [0.2, 0.25) is 0 Å². The predicted molar refractivity (Wildman–Crippen MR) is 55.0 cm³/mol. The summed E-state index contributed by atoms with van der Waals surface area (Å²) in [7, 11) is 0. The minimum atomic E-state index is 0.390. The van der Waals surface area contributed by atoms with E-state index in [0.29, 0.717) is 5.92 Å². The summed E-state index contributed by atoms with van der Waals surface area (Å²) in [5.74, 6) is 1.11. The molecule has 0 saturated heterocycles. The Labute approximate surface area is 75.7 Å². The number of hydrogen-bond acceptors (Lipinski definition) is 0. The summed E-state index contributed by atoms with van der Waals surface area (Å²) in [4.78, 5) is 0. The second-order valence-corrected chi connectivity index (χ2v) is 4.11. The molecule has 0 bridgehead atoms. The molecule has 1 aliphatic carbocycles. The lowest BCUT2D eigenvalue weighted by atomic mass is 9.74. The maximum absolute atomic E-state index is 4.10. The van der Waals surface area contributed by atoms with Gasteiger partial charge in [0.15, 0.2) is 0 Å². The van der Waals surface area contributed by atoms with Crippen LogP contribution in [0.25, 0.3) is 0 Å². The van der Waals surface area contributed by atoms with Gasteiger partial charge in [-0.3, -0.25) is 0 Å². The molecule has 66 valence electrons. The Morgan fingerprint density at radius 1 is 1.25 bits per heavy atom. The largest absolute Gasteiger partial charge is 0.0992 e. The van der Waals surface area contributed by atoms with Crippen LogP contribution in [0.3, 0.4) is 0 Å². The topological polar surface area (TPSA) is 0 Å². The zero-order valence-electron chi connectivity index (χ0n) is 8.19. The van der Waals surface area contributed by atoms with Gasteiger partial charge in [-0.1, -0.05) is 43.4 Å². The fraction of sp³-hybridized carbons (Fsp3) is 0.500. The molecule has 0 atom stereocenters. The lowest BCUT2D eigenvalue weighted by Crippen LogP contribution is -2.17. The maximum Gasteiger partial charge on any atom is 0.0206 e. The zero-order chi connectivity index (χ0) is 9.30. The third-order valence-corrected chi connectivity index (χ3v) is 2.53. The Morgan fingerprint density at radius 2 is 1.67 bits per heavy atom. The summed E-state index contributed by atoms with van der Waals surface area (Å²) in [5.41, 5.74) is 3.79. The van der Waals surface area contributed by atoms with E-state index in [1.54, 1.807) is 0 Å². The molecule has 1 fully saturated rings. The molecule has 0 heteroatoms. The average molecular weight is 162 g/mol. The van der Waals surface area contributed by atoms with E-state index in [1.807, 2.05) is 0 Å². The number of hydrogen-bond donors (Lipinski definition) is 0. The first-order valence-corrected chi connectivity index (χ1v) is 4.53. The third-order valence-electron chi connectivity index (χ3n) is 2.53. The van der Waals surface area contributed by atoms with Gasteiger partial charge in [0, 0.05) is 5.92 Å². The van der Waals surface area contributed by atoms with Crippen molar-refractivity contribution in [2.75, 3.05) is 0 Å². The molecule has 0 unspecified atom stereocenters. The van der Waals surface area contributed by atoms with E-state index in [-0.39, 0.29) is 0 Å². The van der Waals surface area contributed by atoms with Gasteiger partial charge >= 0.3 is 0 Å². The van der Waals surface area contributed by atoms with Crippen molar-refractivity contribution in [2.45, 2.75) is 26.7 Å². The summed E-state index contributed by atoms with van der Waals surface area (Å²) in [6.45, 7) is 16.5. The molecule has 0 aromatic heterocycles. The van der Waals surface area contributed by atoms with Crippen molar-refractivity contribution in [1.29, 1.82) is 0 Å². The monoisotopic (exact) mass is 162 g/mol. The zero-order valence-corrected chi connectivity index (χ0v) is 8.19. The van der Waals surface area contributed by atoms with Gasteiger partial charge in [0.1, 0.15) is 0 Å². The van der Waals surface area contributed by atoms with E-state index in [2.05, 4.69) is 33.6 Å². The fourth-order valence-corrected chi connectivity index (χ4v) is 2.19. The lowest BCUT2D eigenvalue weighted by Gasteiger charge is -2.31. The first kappa shape index (κ1) is 9.31. The second kappa shape index (κ2) is 3.30. The molecule has 0 amide bonds. The minimum absolute atomic E-state index is 0.390. The first-order valence-electron chi connectivity index (χ1n) is 4.53. The molecule has 0 spiro atoms. The van der Waals surface area contributed by atoms with Gasteiger partial charge < -0.3 is 0 Å². The van der Waals surface area contributed by atoms with Gasteiger partial charge in [0.05, 0.1) is 0 Å². The van der Waals surface area contributed by atoms with Gasteiger partial charge in [-0.15, -0.1) is 0 Å². The lowest BCUT2D eigenvalue weighted by molar-refractivity contribution is 0.485. The van der Waals surface area contributed by atoms with E-state index in [4.69, 9.17) is 0 Å². The summed E-state index contributed by atoms with van der Waals surface area (Å²) < 4.78 is 0. The summed E-state index contributed by atoms with van der Waals surface area (Å²) >= 11 is 0. The van der Waals surface area contributed by atoms with Gasteiger partial charge in [0.2, 0.25) is 0 Å². The first-order chi connectivity index (χ1) is 5.52. The smallest absolute Gasteiger partial charge is 0.0206 e. The molecule has 0 aromatic carbocycles. The van der Waals surface area contributed by atoms with Crippen LogP contribution in [0.4, 0.5) is 0 Å². The highest BCUT2D eigenvalue weighted by molar-refractivity contribution is 5.30. The Bertz CT molecular complexity index is 214. The predicted octanol–water partition coefficient (Wildman–Crippen LogP) is 3.72. The molecule has 1 aliphatic rings. The minimum Gasteiger partial charge on any atom is -0.0992 e. The highest BCUT2D eigenvalue weighted by Gasteiger charge is 2.24. The quantitative estimate of drug-likeness (QED) is 0.515. The molecule has 12 heavy (non-hydrogen) atoms. The van der Waals surface area contributed by atoms with Crippen molar-refractivity contribution in [3.8, 4) is 0 Å². The van der Waals surface area contributed by atoms with Crippen LogP contribution in [-0.2, 0) is 0 Å². The van der Waals surface area contributed by atoms with Crippen LogP contribution in [-0.4, -0.2) is 0 Å². The second-order valence-electron chi connectivity index (χ2n) is 4.11. The van der Waals surface area contributed by atoms with Crippen LogP contribution in [0, 0.1) is 11.8 Å². The summed E-state index contributed by atoms with van der Waals surface area (Å²) in [6.07, 6.45) is 2.27. The third kappa shape index (κ3) is 1.69. The van der Waals surface area contributed by atoms with Gasteiger partial charge in [-0.2, -0.15) is 0 Å². The van der Waals surface area contributed by atoms with Crippen molar-refractivity contribution in [3.05, 3.63) is 36.5 Å². The SMILES string of the molecule is C=C(C)C1C(=C)CC(C)CC1=C. The maximum atomic E-state index is 4.10. The molecule has 0 radical (unpaired) electrons. The van der Waals surface area contributed by atoms with Crippen LogP contribution >= 0.6 is 0 Å². The molecular formula is C12H18. The highest BCUT2D eigenvalue weighted by Crippen LogP contribution is 2.38.